The molecule has 0 aliphatic carbocycles. The first-order valence-corrected chi connectivity index (χ1v) is 16.0. The summed E-state index contributed by atoms with van der Waals surface area (Å²) in [5.74, 6) is 0.857. The van der Waals surface area contributed by atoms with E-state index < -0.39 is 7.12 Å². The Morgan fingerprint density at radius 2 is 1.17 bits per heavy atom. The van der Waals surface area contributed by atoms with Gasteiger partial charge in [-0.15, -0.1) is 0 Å². The van der Waals surface area contributed by atoms with Crippen LogP contribution in [0.3, 0.4) is 0 Å². The molecule has 0 spiro atoms. The molecule has 2 amide bonds. The van der Waals surface area contributed by atoms with Crippen molar-refractivity contribution < 1.29 is 29.1 Å². The van der Waals surface area contributed by atoms with Gasteiger partial charge in [-0.05, 0) is 78.3 Å². The van der Waals surface area contributed by atoms with Gasteiger partial charge in [-0.25, -0.2) is 4.98 Å². The quantitative estimate of drug-likeness (QED) is 0.0661. The minimum atomic E-state index is -1.43. The Morgan fingerprint density at radius 1 is 0.654 bits per heavy atom. The van der Waals surface area contributed by atoms with Crippen LogP contribution in [0.25, 0.3) is 11.3 Å². The van der Waals surface area contributed by atoms with E-state index in [0.29, 0.717) is 50.2 Å². The molecule has 4 aromatic carbocycles. The molecule has 0 bridgehead atoms. The van der Waals surface area contributed by atoms with Crippen molar-refractivity contribution in [2.75, 3.05) is 36.3 Å². The predicted octanol–water partition coefficient (Wildman–Crippen LogP) is 5.54. The van der Waals surface area contributed by atoms with E-state index in [2.05, 4.69) is 20.6 Å². The highest BCUT2D eigenvalue weighted by atomic mass is 35.5. The van der Waals surface area contributed by atoms with Gasteiger partial charge < -0.3 is 41.6 Å². The van der Waals surface area contributed by atoms with E-state index in [1.807, 2.05) is 36.4 Å². The summed E-state index contributed by atoms with van der Waals surface area (Å²) < 4.78 is 10.1. The number of nitrogens with zero attached hydrogens (tertiary/aromatic N) is 2. The zero-order valence-electron chi connectivity index (χ0n) is 28.2. The van der Waals surface area contributed by atoms with Crippen LogP contribution in [0, 0.1) is 0 Å². The van der Waals surface area contributed by atoms with Gasteiger partial charge in [0.2, 0.25) is 0 Å². The van der Waals surface area contributed by atoms with E-state index in [9.17, 15) is 9.59 Å². The highest BCUT2D eigenvalue weighted by Gasteiger charge is 2.11. The van der Waals surface area contributed by atoms with Crippen molar-refractivity contribution in [1.82, 2.24) is 9.97 Å². The molecule has 14 heteroatoms. The number of halogens is 1. The van der Waals surface area contributed by atoms with Gasteiger partial charge in [0.1, 0.15) is 16.7 Å². The van der Waals surface area contributed by atoms with Crippen LogP contribution >= 0.6 is 11.6 Å². The van der Waals surface area contributed by atoms with Crippen LogP contribution in [-0.4, -0.2) is 53.2 Å². The van der Waals surface area contributed by atoms with Gasteiger partial charge in [0.15, 0.2) is 0 Å². The van der Waals surface area contributed by atoms with Crippen LogP contribution in [-0.2, 0) is 0 Å². The minimum absolute atomic E-state index is 0.252. The van der Waals surface area contributed by atoms with Gasteiger partial charge in [-0.1, -0.05) is 60.1 Å². The molecule has 2 aromatic heterocycles. The van der Waals surface area contributed by atoms with Gasteiger partial charge in [-0.2, -0.15) is 0 Å². The Labute approximate surface area is 306 Å². The van der Waals surface area contributed by atoms with E-state index in [0.717, 1.165) is 17.0 Å². The average molecular weight is 719 g/mol. The lowest BCUT2D eigenvalue weighted by molar-refractivity contribution is 0.101. The van der Waals surface area contributed by atoms with Crippen LogP contribution in [0.15, 0.2) is 134 Å². The molecule has 8 N–H and O–H groups in total. The lowest BCUT2D eigenvalue weighted by Gasteiger charge is -2.08. The summed E-state index contributed by atoms with van der Waals surface area (Å²) in [4.78, 5) is 32.3. The maximum absolute atomic E-state index is 12.3. The Hall–Kier alpha value is -6.41. The molecule has 52 heavy (non-hydrogen) atoms. The van der Waals surface area contributed by atoms with Gasteiger partial charge in [0, 0.05) is 18.0 Å². The fourth-order valence-corrected chi connectivity index (χ4v) is 4.52. The summed E-state index contributed by atoms with van der Waals surface area (Å²) in [6, 6.07) is 35.1. The van der Waals surface area contributed by atoms with E-state index in [4.69, 9.17) is 42.6 Å². The van der Waals surface area contributed by atoms with Crippen molar-refractivity contribution in [1.29, 1.82) is 0 Å². The number of hydrogen-bond donors (Lipinski definition) is 6. The number of para-hydroxylation sites is 4. The first kappa shape index (κ1) is 38.4. The molecule has 0 saturated heterocycles. The molecule has 6 rings (SSSR count). The number of nitrogens with two attached hydrogens (primary N) is 2. The van der Waals surface area contributed by atoms with Crippen molar-refractivity contribution in [2.24, 2.45) is 0 Å². The number of hydrogen-bond acceptors (Lipinski definition) is 10. The second kappa shape index (κ2) is 19.1. The van der Waals surface area contributed by atoms with Crippen LogP contribution < -0.4 is 37.0 Å². The number of amides is 2. The number of pyridine rings is 2. The number of nitrogen functional groups attached to an aromatic ring is 2. The topological polar surface area (TPSA) is 195 Å². The first-order valence-electron chi connectivity index (χ1n) is 15.6. The first-order chi connectivity index (χ1) is 25.1. The molecule has 0 fully saturated rings. The Balaban J connectivity index is 0.000000188. The zero-order valence-corrected chi connectivity index (χ0v) is 29.0. The lowest BCUT2D eigenvalue weighted by Crippen LogP contribution is -2.29. The number of benzene rings is 4. The summed E-state index contributed by atoms with van der Waals surface area (Å²) >= 11 is 5.64. The molecule has 0 saturated carbocycles. The van der Waals surface area contributed by atoms with Gasteiger partial charge >= 0.3 is 7.12 Å². The normalized spacial score (nSPS) is 9.94. The summed E-state index contributed by atoms with van der Waals surface area (Å²) in [5.41, 5.74) is 16.8. The molecular weight excluding hydrogens is 683 g/mol. The standard InChI is InChI=1S/C19H17N3O2.C12H10ClN3O.C7H9BO3/c1-24-15-6-4-5-13(11-15)17-10-9-14(12-21-17)19(23)22-18-8-3-2-7-16(18)20;13-11-6-5-8(7-15-11)12(17)16-10-4-2-1-3-9(10)14;1-11-7-4-2-3-6(5-7)8(9)10/h2-12H,20H2,1H3,(H,22,23);1-7H,14H2,(H,16,17);2-5,9-10H,1H3. The Morgan fingerprint density at radius 3 is 1.65 bits per heavy atom. The Kier molecular flexibility index (Phi) is 14.1. The van der Waals surface area contributed by atoms with E-state index in [-0.39, 0.29) is 11.8 Å². The summed E-state index contributed by atoms with van der Waals surface area (Å²) in [6.45, 7) is 0. The van der Waals surface area contributed by atoms with Crippen LogP contribution in [0.4, 0.5) is 22.7 Å². The van der Waals surface area contributed by atoms with E-state index in [1.54, 1.807) is 98.2 Å². The van der Waals surface area contributed by atoms with E-state index >= 15 is 0 Å². The third-order valence-electron chi connectivity index (χ3n) is 7.19. The molecule has 12 nitrogen and oxygen atoms in total. The van der Waals surface area contributed by atoms with E-state index in [1.165, 1.54) is 13.3 Å². The number of ether oxygens (including phenoxy) is 2. The minimum Gasteiger partial charge on any atom is -0.497 e. The predicted molar refractivity (Wildman–Crippen MR) is 206 cm³/mol. The average Bonchev–Trinajstić information content (AvgIpc) is 3.17. The van der Waals surface area contributed by atoms with Gasteiger partial charge in [0.05, 0.1) is 53.8 Å². The number of carbonyl (C=O) groups is 2. The molecule has 0 aliphatic heterocycles. The maximum Gasteiger partial charge on any atom is 0.488 e. The molecule has 2 heterocycles. The van der Waals surface area contributed by atoms with Crippen molar-refractivity contribution in [3.05, 3.63) is 150 Å². The largest absolute Gasteiger partial charge is 0.497 e. The number of anilines is 4. The third-order valence-corrected chi connectivity index (χ3v) is 7.41. The SMILES string of the molecule is COc1cccc(-c2ccc(C(=O)Nc3ccccc3N)cn2)c1.COc1cccc(B(O)O)c1.Nc1ccccc1NC(=O)c1ccc(Cl)nc1. The molecule has 0 atom stereocenters. The summed E-state index contributed by atoms with van der Waals surface area (Å²) in [7, 11) is 1.73. The fraction of sp³-hybridized carbons (Fsp3) is 0.0526. The Bertz CT molecular complexity index is 2080. The number of rotatable bonds is 8. The smallest absolute Gasteiger partial charge is 0.488 e. The summed E-state index contributed by atoms with van der Waals surface area (Å²) in [6.07, 6.45) is 2.96. The summed E-state index contributed by atoms with van der Waals surface area (Å²) in [5, 5.41) is 23.3. The molecule has 0 radical (unpaired) electrons. The highest BCUT2D eigenvalue weighted by Crippen LogP contribution is 2.23. The number of nitrogens with one attached hydrogen (secondary N) is 2. The highest BCUT2D eigenvalue weighted by molar-refractivity contribution is 6.58. The monoisotopic (exact) mass is 718 g/mol. The molecule has 0 aliphatic rings. The molecule has 6 aromatic rings. The van der Waals surface area contributed by atoms with Crippen LogP contribution in [0.5, 0.6) is 11.5 Å². The maximum atomic E-state index is 12.3. The number of carbonyl (C=O) groups excluding carboxylic acids is 2. The number of methoxy groups -OCH3 is 2. The molecular formula is C38H36BClN6O6. The fourth-order valence-electron chi connectivity index (χ4n) is 4.40. The third kappa shape index (κ3) is 11.3. The van der Waals surface area contributed by atoms with Crippen molar-refractivity contribution in [3.63, 3.8) is 0 Å². The number of aromatic nitrogens is 2. The molecule has 0 unspecified atom stereocenters. The lowest BCUT2D eigenvalue weighted by atomic mass is 9.80. The second-order valence-electron chi connectivity index (χ2n) is 10.8. The second-order valence-corrected chi connectivity index (χ2v) is 11.2. The van der Waals surface area contributed by atoms with Crippen LogP contribution in [0.1, 0.15) is 20.7 Å². The molecule has 264 valence electrons. The van der Waals surface area contributed by atoms with Gasteiger partial charge in [-0.3, -0.25) is 14.6 Å². The zero-order chi connectivity index (χ0) is 37.5. The van der Waals surface area contributed by atoms with Crippen molar-refractivity contribution in [3.8, 4) is 22.8 Å². The van der Waals surface area contributed by atoms with Crippen LogP contribution in [0.2, 0.25) is 5.15 Å². The van der Waals surface area contributed by atoms with Gasteiger partial charge in [0.25, 0.3) is 11.8 Å². The van der Waals surface area contributed by atoms with Crippen molar-refractivity contribution >= 4 is 58.7 Å². The van der Waals surface area contributed by atoms with Crippen molar-refractivity contribution in [2.45, 2.75) is 0 Å².